The van der Waals surface area contributed by atoms with Crippen molar-refractivity contribution in [2.24, 2.45) is 11.7 Å². The molecular weight excluding hydrogens is 350 g/mol. The van der Waals surface area contributed by atoms with Gasteiger partial charge in [-0.25, -0.2) is 0 Å². The van der Waals surface area contributed by atoms with Crippen molar-refractivity contribution in [1.82, 2.24) is 14.8 Å². The van der Waals surface area contributed by atoms with Gasteiger partial charge in [0.15, 0.2) is 5.82 Å². The predicted octanol–water partition coefficient (Wildman–Crippen LogP) is 2.66. The van der Waals surface area contributed by atoms with E-state index in [4.69, 9.17) is 10.2 Å². The third-order valence-electron chi connectivity index (χ3n) is 4.69. The highest BCUT2D eigenvalue weighted by molar-refractivity contribution is 7.15. The van der Waals surface area contributed by atoms with Crippen LogP contribution in [0.4, 0.5) is 5.95 Å². The number of thiophene rings is 1. The Morgan fingerprint density at radius 1 is 1.38 bits per heavy atom. The van der Waals surface area contributed by atoms with E-state index in [1.807, 2.05) is 12.1 Å². The maximum absolute atomic E-state index is 11.6. The molecule has 0 saturated carbocycles. The summed E-state index contributed by atoms with van der Waals surface area (Å²) >= 11 is 1.69. The average Bonchev–Trinajstić information content (AvgIpc) is 3.37. The van der Waals surface area contributed by atoms with Gasteiger partial charge in [-0.05, 0) is 44.0 Å². The van der Waals surface area contributed by atoms with E-state index >= 15 is 0 Å². The number of aromatic nitrogens is 3. The number of nitrogens with zero attached hydrogens (tertiary/aromatic N) is 4. The Balaban J connectivity index is 1.72. The number of amides is 1. The monoisotopic (exact) mass is 371 g/mol. The number of anilines is 1. The molecule has 0 radical (unpaired) electrons. The van der Waals surface area contributed by atoms with Crippen molar-refractivity contribution in [2.45, 2.75) is 26.3 Å². The van der Waals surface area contributed by atoms with Crippen LogP contribution in [0.3, 0.4) is 0 Å². The summed E-state index contributed by atoms with van der Waals surface area (Å²) in [5.41, 5.74) is 5.53. The van der Waals surface area contributed by atoms with Gasteiger partial charge in [0.1, 0.15) is 5.76 Å². The molecule has 3 aromatic rings. The Kier molecular flexibility index (Phi) is 4.50. The first-order valence-electron chi connectivity index (χ1n) is 8.68. The largest absolute Gasteiger partial charge is 0.467 e. The molecule has 136 valence electrons. The molecule has 8 heteroatoms. The van der Waals surface area contributed by atoms with Crippen molar-refractivity contribution < 1.29 is 9.21 Å². The molecule has 1 aliphatic heterocycles. The molecule has 4 rings (SSSR count). The van der Waals surface area contributed by atoms with Crippen LogP contribution in [0.1, 0.15) is 23.5 Å². The van der Waals surface area contributed by atoms with Crippen molar-refractivity contribution in [3.05, 3.63) is 41.2 Å². The number of aryl methyl sites for hydroxylation is 1. The molecule has 1 fully saturated rings. The van der Waals surface area contributed by atoms with Gasteiger partial charge in [-0.3, -0.25) is 9.36 Å². The first-order chi connectivity index (χ1) is 12.6. The smallest absolute Gasteiger partial charge is 0.227 e. The van der Waals surface area contributed by atoms with Crippen LogP contribution in [0, 0.1) is 12.8 Å². The Morgan fingerprint density at radius 3 is 2.96 bits per heavy atom. The minimum Gasteiger partial charge on any atom is -0.467 e. The molecule has 0 spiro atoms. The number of piperidine rings is 1. The fourth-order valence-corrected chi connectivity index (χ4v) is 4.22. The van der Waals surface area contributed by atoms with E-state index < -0.39 is 0 Å². The quantitative estimate of drug-likeness (QED) is 0.745. The van der Waals surface area contributed by atoms with Crippen LogP contribution < -0.4 is 10.6 Å². The third-order valence-corrected chi connectivity index (χ3v) is 5.69. The van der Waals surface area contributed by atoms with Crippen molar-refractivity contribution in [3.63, 3.8) is 0 Å². The highest BCUT2D eigenvalue weighted by Gasteiger charge is 2.28. The van der Waals surface area contributed by atoms with Gasteiger partial charge in [-0.15, -0.1) is 21.5 Å². The second kappa shape index (κ2) is 6.95. The zero-order valence-electron chi connectivity index (χ0n) is 14.6. The fraction of sp³-hybridized carbons (Fsp3) is 0.389. The van der Waals surface area contributed by atoms with E-state index in [1.165, 1.54) is 4.88 Å². The van der Waals surface area contributed by atoms with Crippen LogP contribution in [0.25, 0.3) is 10.7 Å². The summed E-state index contributed by atoms with van der Waals surface area (Å²) in [4.78, 5) is 16.0. The molecule has 0 bridgehead atoms. The summed E-state index contributed by atoms with van der Waals surface area (Å²) in [6.07, 6.45) is 3.40. The lowest BCUT2D eigenvalue weighted by molar-refractivity contribution is -0.122. The van der Waals surface area contributed by atoms with E-state index in [0.29, 0.717) is 13.1 Å². The Labute approximate surface area is 155 Å². The summed E-state index contributed by atoms with van der Waals surface area (Å²) in [6, 6.07) is 7.96. The number of furan rings is 1. The molecule has 0 aliphatic carbocycles. The fourth-order valence-electron chi connectivity index (χ4n) is 3.36. The molecule has 1 aliphatic rings. The molecule has 1 unspecified atom stereocenters. The zero-order chi connectivity index (χ0) is 18.1. The van der Waals surface area contributed by atoms with Gasteiger partial charge in [0, 0.05) is 18.0 Å². The van der Waals surface area contributed by atoms with Gasteiger partial charge in [0.05, 0.1) is 23.6 Å². The Hall–Kier alpha value is -2.61. The maximum Gasteiger partial charge on any atom is 0.227 e. The van der Waals surface area contributed by atoms with Gasteiger partial charge in [0.25, 0.3) is 0 Å². The molecule has 3 aromatic heterocycles. The number of primary amides is 1. The molecule has 4 heterocycles. The van der Waals surface area contributed by atoms with Crippen molar-refractivity contribution >= 4 is 23.2 Å². The van der Waals surface area contributed by atoms with E-state index in [-0.39, 0.29) is 11.8 Å². The second-order valence-electron chi connectivity index (χ2n) is 6.59. The second-order valence-corrected chi connectivity index (χ2v) is 7.87. The Morgan fingerprint density at radius 2 is 2.27 bits per heavy atom. The SMILES string of the molecule is Cc1ccc(-c2nnc(N3CCCC(C(N)=O)C3)n2Cc2ccco2)s1. The van der Waals surface area contributed by atoms with Gasteiger partial charge >= 0.3 is 0 Å². The summed E-state index contributed by atoms with van der Waals surface area (Å²) in [5.74, 6) is 2.01. The highest BCUT2D eigenvalue weighted by atomic mass is 32.1. The lowest BCUT2D eigenvalue weighted by Gasteiger charge is -2.31. The van der Waals surface area contributed by atoms with Crippen LogP contribution in [-0.4, -0.2) is 33.8 Å². The van der Waals surface area contributed by atoms with Gasteiger partial charge in [-0.1, -0.05) is 0 Å². The molecular formula is C18H21N5O2S. The number of hydrogen-bond acceptors (Lipinski definition) is 6. The van der Waals surface area contributed by atoms with Crippen LogP contribution in [0.5, 0.6) is 0 Å². The molecule has 2 N–H and O–H groups in total. The van der Waals surface area contributed by atoms with Gasteiger partial charge in [-0.2, -0.15) is 0 Å². The van der Waals surface area contributed by atoms with Crippen LogP contribution in [-0.2, 0) is 11.3 Å². The first-order valence-corrected chi connectivity index (χ1v) is 9.50. The number of hydrogen-bond donors (Lipinski definition) is 1. The average molecular weight is 371 g/mol. The van der Waals surface area contributed by atoms with Gasteiger partial charge < -0.3 is 15.1 Å². The van der Waals surface area contributed by atoms with Crippen molar-refractivity contribution in [1.29, 1.82) is 0 Å². The summed E-state index contributed by atoms with van der Waals surface area (Å²) in [7, 11) is 0. The van der Waals surface area contributed by atoms with E-state index in [2.05, 4.69) is 38.7 Å². The summed E-state index contributed by atoms with van der Waals surface area (Å²) in [5, 5.41) is 8.90. The lowest BCUT2D eigenvalue weighted by atomic mass is 9.98. The topological polar surface area (TPSA) is 90.2 Å². The molecule has 26 heavy (non-hydrogen) atoms. The minimum absolute atomic E-state index is 0.148. The Bertz CT molecular complexity index is 899. The van der Waals surface area contributed by atoms with Crippen molar-refractivity contribution in [2.75, 3.05) is 18.0 Å². The maximum atomic E-state index is 11.6. The molecule has 7 nitrogen and oxygen atoms in total. The van der Waals surface area contributed by atoms with Crippen molar-refractivity contribution in [3.8, 4) is 10.7 Å². The lowest BCUT2D eigenvalue weighted by Crippen LogP contribution is -2.42. The summed E-state index contributed by atoms with van der Waals surface area (Å²) < 4.78 is 7.60. The first kappa shape index (κ1) is 16.8. The predicted molar refractivity (Wildman–Crippen MR) is 100 cm³/mol. The highest BCUT2D eigenvalue weighted by Crippen LogP contribution is 2.31. The van der Waals surface area contributed by atoms with Crippen LogP contribution in [0.2, 0.25) is 0 Å². The number of rotatable bonds is 5. The van der Waals surface area contributed by atoms with E-state index in [9.17, 15) is 4.79 Å². The zero-order valence-corrected chi connectivity index (χ0v) is 15.4. The van der Waals surface area contributed by atoms with Crippen LogP contribution >= 0.6 is 11.3 Å². The number of carbonyl (C=O) groups excluding carboxylic acids is 1. The van der Waals surface area contributed by atoms with Gasteiger partial charge in [0.2, 0.25) is 11.9 Å². The number of nitrogens with two attached hydrogens (primary N) is 1. The molecule has 0 aromatic carbocycles. The third kappa shape index (κ3) is 3.24. The number of carbonyl (C=O) groups is 1. The summed E-state index contributed by atoms with van der Waals surface area (Å²) in [6.45, 7) is 4.03. The minimum atomic E-state index is -0.249. The normalized spacial score (nSPS) is 17.6. The molecule has 1 amide bonds. The van der Waals surface area contributed by atoms with Crippen LogP contribution in [0.15, 0.2) is 34.9 Å². The van der Waals surface area contributed by atoms with E-state index in [0.717, 1.165) is 41.8 Å². The van der Waals surface area contributed by atoms with E-state index in [1.54, 1.807) is 17.6 Å². The molecule has 1 saturated heterocycles. The standard InChI is InChI=1S/C18H21N5O2S/c1-12-6-7-15(26-12)17-20-21-18(23(17)11-14-5-3-9-25-14)22-8-2-4-13(10-22)16(19)24/h3,5-7,9,13H,2,4,8,10-11H2,1H3,(H2,19,24). The molecule has 1 atom stereocenters.